The first kappa shape index (κ1) is 16.5. The van der Waals surface area contributed by atoms with E-state index in [9.17, 15) is 4.79 Å². The minimum Gasteiger partial charge on any atom is -0.440 e. The van der Waals surface area contributed by atoms with Gasteiger partial charge in [0.25, 0.3) is 5.91 Å². The lowest BCUT2D eigenvalue weighted by atomic mass is 9.98. The number of carbonyl (C=O) groups is 1. The Labute approximate surface area is 158 Å². The van der Waals surface area contributed by atoms with E-state index in [1.807, 2.05) is 30.7 Å². The predicted octanol–water partition coefficient (Wildman–Crippen LogP) is 3.99. The van der Waals surface area contributed by atoms with Gasteiger partial charge in [0.2, 0.25) is 0 Å². The van der Waals surface area contributed by atoms with E-state index in [-0.39, 0.29) is 11.9 Å². The van der Waals surface area contributed by atoms with Gasteiger partial charge >= 0.3 is 0 Å². The number of hydrogen-bond acceptors (Lipinski definition) is 4. The lowest BCUT2D eigenvalue weighted by Gasteiger charge is -2.36. The molecular formula is C21H24N4O2. The molecule has 3 heterocycles. The van der Waals surface area contributed by atoms with Crippen LogP contribution in [0, 0.1) is 0 Å². The zero-order chi connectivity index (χ0) is 18.2. The molecule has 1 aromatic carbocycles. The van der Waals surface area contributed by atoms with Crippen molar-refractivity contribution in [1.29, 1.82) is 0 Å². The summed E-state index contributed by atoms with van der Waals surface area (Å²) in [5.41, 5.74) is 2.29. The molecule has 1 saturated carbocycles. The van der Waals surface area contributed by atoms with Crippen molar-refractivity contribution in [2.24, 2.45) is 0 Å². The third-order valence-corrected chi connectivity index (χ3v) is 5.75. The highest BCUT2D eigenvalue weighted by molar-refractivity contribution is 5.97. The summed E-state index contributed by atoms with van der Waals surface area (Å²) in [4.78, 5) is 23.9. The predicted molar refractivity (Wildman–Crippen MR) is 102 cm³/mol. The van der Waals surface area contributed by atoms with Crippen molar-refractivity contribution in [3.63, 3.8) is 0 Å². The molecule has 1 aliphatic heterocycles. The van der Waals surface area contributed by atoms with E-state index in [0.717, 1.165) is 62.2 Å². The van der Waals surface area contributed by atoms with Gasteiger partial charge in [-0.3, -0.25) is 4.79 Å². The molecule has 0 bridgehead atoms. The molecule has 0 N–H and O–H groups in total. The van der Waals surface area contributed by atoms with E-state index in [0.29, 0.717) is 11.5 Å². The molecule has 6 nitrogen and oxygen atoms in total. The third kappa shape index (κ3) is 3.36. The number of likely N-dealkylation sites (tertiary alicyclic amines) is 1. The van der Waals surface area contributed by atoms with Gasteiger partial charge in [0.1, 0.15) is 5.52 Å². The van der Waals surface area contributed by atoms with Crippen molar-refractivity contribution < 1.29 is 9.21 Å². The number of amides is 1. The summed E-state index contributed by atoms with van der Waals surface area (Å²) in [5.74, 6) is 1.41. The van der Waals surface area contributed by atoms with Crippen LogP contribution in [0.25, 0.3) is 11.1 Å². The summed E-state index contributed by atoms with van der Waals surface area (Å²) in [6.07, 6.45) is 12.2. The molecule has 6 heteroatoms. The standard InChI is InChI=1S/C21H24N4O2/c26-21(16-6-7-18-19(13-16)27-20(23-18)15-4-5-15)25-10-2-1-3-17(25)8-11-24-12-9-22-14-24/h6-7,9,12-15,17H,1-5,8,10-11H2/t17-/m1/s1. The van der Waals surface area contributed by atoms with Crippen LogP contribution in [0.2, 0.25) is 0 Å². The number of imidazole rings is 1. The second kappa shape index (κ2) is 6.83. The number of rotatable bonds is 5. The fourth-order valence-electron chi connectivity index (χ4n) is 4.03. The Hall–Kier alpha value is -2.63. The first-order chi connectivity index (χ1) is 13.3. The molecule has 0 unspecified atom stereocenters. The molecule has 0 spiro atoms. The second-order valence-electron chi connectivity index (χ2n) is 7.75. The maximum absolute atomic E-state index is 13.2. The van der Waals surface area contributed by atoms with Crippen LogP contribution < -0.4 is 0 Å². The number of carbonyl (C=O) groups excluding carboxylic acids is 1. The van der Waals surface area contributed by atoms with Crippen molar-refractivity contribution in [3.05, 3.63) is 48.4 Å². The second-order valence-corrected chi connectivity index (χ2v) is 7.75. The van der Waals surface area contributed by atoms with Gasteiger partial charge in [-0.05, 0) is 56.7 Å². The molecule has 3 aromatic rings. The van der Waals surface area contributed by atoms with Gasteiger partial charge in [0.15, 0.2) is 11.5 Å². The average molecular weight is 364 g/mol. The van der Waals surface area contributed by atoms with Crippen LogP contribution in [0.1, 0.15) is 60.7 Å². The van der Waals surface area contributed by atoms with Crippen molar-refractivity contribution in [2.45, 2.75) is 57.0 Å². The molecule has 1 aliphatic carbocycles. The van der Waals surface area contributed by atoms with Crippen molar-refractivity contribution >= 4 is 17.0 Å². The highest BCUT2D eigenvalue weighted by atomic mass is 16.3. The van der Waals surface area contributed by atoms with Crippen molar-refractivity contribution in [1.82, 2.24) is 19.4 Å². The summed E-state index contributed by atoms with van der Waals surface area (Å²) < 4.78 is 7.98. The van der Waals surface area contributed by atoms with Crippen LogP contribution in [0.4, 0.5) is 0 Å². The molecule has 27 heavy (non-hydrogen) atoms. The fourth-order valence-corrected chi connectivity index (χ4v) is 4.03. The van der Waals surface area contributed by atoms with Crippen LogP contribution in [0.3, 0.4) is 0 Å². The van der Waals surface area contributed by atoms with E-state index in [1.54, 1.807) is 6.20 Å². The van der Waals surface area contributed by atoms with E-state index in [1.165, 1.54) is 6.42 Å². The Kier molecular flexibility index (Phi) is 4.19. The number of nitrogens with zero attached hydrogens (tertiary/aromatic N) is 4. The molecule has 2 aliphatic rings. The number of aryl methyl sites for hydroxylation is 1. The van der Waals surface area contributed by atoms with Gasteiger partial charge in [0.05, 0.1) is 6.33 Å². The van der Waals surface area contributed by atoms with Gasteiger partial charge < -0.3 is 13.9 Å². The van der Waals surface area contributed by atoms with E-state index in [2.05, 4.69) is 19.4 Å². The lowest BCUT2D eigenvalue weighted by molar-refractivity contribution is 0.0595. The molecule has 1 saturated heterocycles. The Morgan fingerprint density at radius 2 is 2.15 bits per heavy atom. The zero-order valence-electron chi connectivity index (χ0n) is 15.4. The molecule has 5 rings (SSSR count). The van der Waals surface area contributed by atoms with E-state index < -0.39 is 0 Å². The zero-order valence-corrected chi connectivity index (χ0v) is 15.4. The van der Waals surface area contributed by atoms with Crippen molar-refractivity contribution in [3.8, 4) is 0 Å². The van der Waals surface area contributed by atoms with Gasteiger partial charge in [-0.25, -0.2) is 9.97 Å². The monoisotopic (exact) mass is 364 g/mol. The number of oxazole rings is 1. The number of hydrogen-bond donors (Lipinski definition) is 0. The number of benzene rings is 1. The van der Waals surface area contributed by atoms with Crippen LogP contribution in [-0.4, -0.2) is 37.9 Å². The third-order valence-electron chi connectivity index (χ3n) is 5.75. The summed E-state index contributed by atoms with van der Waals surface area (Å²) in [6, 6.07) is 5.97. The summed E-state index contributed by atoms with van der Waals surface area (Å²) >= 11 is 0. The minimum absolute atomic E-state index is 0.108. The fraction of sp³-hybridized carbons (Fsp3) is 0.476. The van der Waals surface area contributed by atoms with Crippen LogP contribution >= 0.6 is 0 Å². The van der Waals surface area contributed by atoms with Crippen molar-refractivity contribution in [2.75, 3.05) is 6.54 Å². The van der Waals surface area contributed by atoms with Crippen LogP contribution in [0.5, 0.6) is 0 Å². The summed E-state index contributed by atoms with van der Waals surface area (Å²) in [5, 5.41) is 0. The Bertz CT molecular complexity index is 942. The van der Waals surface area contributed by atoms with Gasteiger partial charge in [-0.2, -0.15) is 0 Å². The molecular weight excluding hydrogens is 340 g/mol. The quantitative estimate of drug-likeness (QED) is 0.687. The number of aromatic nitrogens is 3. The largest absolute Gasteiger partial charge is 0.440 e. The van der Waals surface area contributed by atoms with Crippen LogP contribution in [-0.2, 0) is 6.54 Å². The summed E-state index contributed by atoms with van der Waals surface area (Å²) in [7, 11) is 0. The molecule has 1 atom stereocenters. The SMILES string of the molecule is O=C(c1ccc2nc(C3CC3)oc2c1)N1CCCC[C@@H]1CCn1ccnc1. The lowest BCUT2D eigenvalue weighted by Crippen LogP contribution is -2.44. The molecule has 2 fully saturated rings. The Morgan fingerprint density at radius 3 is 2.96 bits per heavy atom. The first-order valence-corrected chi connectivity index (χ1v) is 9.95. The van der Waals surface area contributed by atoms with Gasteiger partial charge in [-0.1, -0.05) is 0 Å². The highest BCUT2D eigenvalue weighted by Gasteiger charge is 2.30. The van der Waals surface area contributed by atoms with Crippen LogP contribution in [0.15, 0.2) is 41.3 Å². The minimum atomic E-state index is 0.108. The molecule has 0 radical (unpaired) electrons. The maximum atomic E-state index is 13.2. The smallest absolute Gasteiger partial charge is 0.254 e. The number of fused-ring (bicyclic) bond motifs is 1. The van der Waals surface area contributed by atoms with Gasteiger partial charge in [0, 0.05) is 43.0 Å². The van der Waals surface area contributed by atoms with Gasteiger partial charge in [-0.15, -0.1) is 0 Å². The normalized spacial score (nSPS) is 20.3. The van der Waals surface area contributed by atoms with E-state index in [4.69, 9.17) is 4.42 Å². The Morgan fingerprint density at radius 1 is 1.22 bits per heavy atom. The van der Waals surface area contributed by atoms with E-state index >= 15 is 0 Å². The topological polar surface area (TPSA) is 64.2 Å². The molecule has 140 valence electrons. The maximum Gasteiger partial charge on any atom is 0.254 e. The molecule has 1 amide bonds. The number of piperidine rings is 1. The first-order valence-electron chi connectivity index (χ1n) is 9.95. The average Bonchev–Trinajstić information content (AvgIpc) is 3.25. The summed E-state index contributed by atoms with van der Waals surface area (Å²) in [6.45, 7) is 1.72. The highest BCUT2D eigenvalue weighted by Crippen LogP contribution is 2.40. The Balaban J connectivity index is 1.34. The molecule has 2 aromatic heterocycles.